The summed E-state index contributed by atoms with van der Waals surface area (Å²) in [6.07, 6.45) is 1.65. The van der Waals surface area contributed by atoms with E-state index in [0.29, 0.717) is 22.1 Å². The van der Waals surface area contributed by atoms with E-state index in [4.69, 9.17) is 11.6 Å². The van der Waals surface area contributed by atoms with Gasteiger partial charge in [-0.1, -0.05) is 23.7 Å². The topological polar surface area (TPSA) is 77.6 Å². The Morgan fingerprint density at radius 3 is 2.61 bits per heavy atom. The number of carbonyl (C=O) groups is 1. The summed E-state index contributed by atoms with van der Waals surface area (Å²) < 4.78 is 3.67. The van der Waals surface area contributed by atoms with Crippen molar-refractivity contribution in [2.45, 2.75) is 20.4 Å². The number of anilines is 1. The van der Waals surface area contributed by atoms with Crippen LogP contribution >= 0.6 is 22.9 Å². The van der Waals surface area contributed by atoms with Gasteiger partial charge in [-0.3, -0.25) is 14.2 Å². The summed E-state index contributed by atoms with van der Waals surface area (Å²) in [4.78, 5) is 19.0. The summed E-state index contributed by atoms with van der Waals surface area (Å²) in [6, 6.07) is 11.5. The van der Waals surface area contributed by atoms with Crippen molar-refractivity contribution >= 4 is 55.8 Å². The third-order valence-corrected chi connectivity index (χ3v) is 6.60. The number of nitrogens with one attached hydrogen (secondary N) is 1. The van der Waals surface area contributed by atoms with E-state index in [2.05, 4.69) is 20.5 Å². The Balaban J connectivity index is 1.43. The lowest BCUT2D eigenvalue weighted by molar-refractivity contribution is 0.103. The van der Waals surface area contributed by atoms with Crippen LogP contribution in [0.2, 0.25) is 5.02 Å². The largest absolute Gasteiger partial charge is 0.320 e. The van der Waals surface area contributed by atoms with Crippen molar-refractivity contribution in [3.8, 4) is 0 Å². The van der Waals surface area contributed by atoms with Crippen LogP contribution in [-0.2, 0) is 13.6 Å². The highest BCUT2D eigenvalue weighted by Crippen LogP contribution is 2.30. The number of rotatable bonds is 4. The summed E-state index contributed by atoms with van der Waals surface area (Å²) >= 11 is 7.42. The van der Waals surface area contributed by atoms with E-state index in [1.54, 1.807) is 10.9 Å². The molecule has 0 spiro atoms. The molecule has 1 N–H and O–H groups in total. The number of carbonyl (C=O) groups excluding carboxylic acids is 1. The van der Waals surface area contributed by atoms with Crippen LogP contribution in [0.25, 0.3) is 21.3 Å². The number of amides is 1. The number of thiophene rings is 1. The molecule has 0 atom stereocenters. The van der Waals surface area contributed by atoms with E-state index in [1.165, 1.54) is 11.3 Å². The second-order valence-electron chi connectivity index (χ2n) is 7.46. The number of hydrogen-bond acceptors (Lipinski definition) is 5. The van der Waals surface area contributed by atoms with Crippen LogP contribution in [0.1, 0.15) is 26.6 Å². The first-order chi connectivity index (χ1) is 14.9. The van der Waals surface area contributed by atoms with Gasteiger partial charge >= 0.3 is 0 Å². The van der Waals surface area contributed by atoms with E-state index in [1.807, 2.05) is 62.0 Å². The number of benzene rings is 1. The fraction of sp³-hybridized carbons (Fsp3) is 0.182. The zero-order chi connectivity index (χ0) is 21.7. The van der Waals surface area contributed by atoms with Gasteiger partial charge in [0.2, 0.25) is 0 Å². The van der Waals surface area contributed by atoms with Gasteiger partial charge in [-0.15, -0.1) is 11.3 Å². The quantitative estimate of drug-likeness (QED) is 0.420. The third kappa shape index (κ3) is 3.58. The van der Waals surface area contributed by atoms with E-state index >= 15 is 0 Å². The van der Waals surface area contributed by atoms with Crippen LogP contribution in [0.3, 0.4) is 0 Å². The summed E-state index contributed by atoms with van der Waals surface area (Å²) in [5, 5.41) is 14.6. The molecule has 9 heteroatoms. The molecule has 5 aromatic rings. The van der Waals surface area contributed by atoms with Crippen LogP contribution in [0, 0.1) is 13.8 Å². The number of hydrogen-bond donors (Lipinski definition) is 1. The van der Waals surface area contributed by atoms with Gasteiger partial charge in [-0.05, 0) is 43.7 Å². The molecule has 31 heavy (non-hydrogen) atoms. The molecule has 0 aliphatic carbocycles. The Bertz CT molecular complexity index is 1450. The SMILES string of the molecule is Cc1nn(C)c2ncc(NC(=O)c3cc4c(C)nn(Cc5ccc(Cl)cc5)c4s3)cc12. The van der Waals surface area contributed by atoms with Crippen molar-refractivity contribution in [1.29, 1.82) is 0 Å². The molecule has 1 aromatic carbocycles. The maximum atomic E-state index is 12.9. The molecule has 4 heterocycles. The third-order valence-electron chi connectivity index (χ3n) is 5.20. The summed E-state index contributed by atoms with van der Waals surface area (Å²) in [7, 11) is 1.85. The van der Waals surface area contributed by atoms with E-state index < -0.39 is 0 Å². The molecular weight excluding hydrogens is 432 g/mol. The minimum atomic E-state index is -0.165. The molecule has 0 aliphatic heterocycles. The molecule has 0 aliphatic rings. The van der Waals surface area contributed by atoms with Gasteiger partial charge in [0.1, 0.15) is 4.83 Å². The van der Waals surface area contributed by atoms with E-state index in [-0.39, 0.29) is 5.91 Å². The fourth-order valence-corrected chi connectivity index (χ4v) is 4.85. The van der Waals surface area contributed by atoms with Crippen LogP contribution in [0.4, 0.5) is 5.69 Å². The van der Waals surface area contributed by atoms with Crippen molar-refractivity contribution in [2.24, 2.45) is 7.05 Å². The molecule has 5 rings (SSSR count). The van der Waals surface area contributed by atoms with Crippen molar-refractivity contribution < 1.29 is 4.79 Å². The Labute approximate surface area is 187 Å². The van der Waals surface area contributed by atoms with Gasteiger partial charge in [0.15, 0.2) is 5.65 Å². The molecule has 0 saturated heterocycles. The van der Waals surface area contributed by atoms with Crippen molar-refractivity contribution in [3.05, 3.63) is 69.4 Å². The Morgan fingerprint density at radius 2 is 1.84 bits per heavy atom. The maximum absolute atomic E-state index is 12.9. The predicted octanol–water partition coefficient (Wildman–Crippen LogP) is 4.95. The molecule has 0 unspecified atom stereocenters. The average Bonchev–Trinajstić information content (AvgIpc) is 3.39. The standard InChI is InChI=1S/C22H19ClN6OS/c1-12-17-8-16(10-24-20(17)28(3)26-12)25-21(30)19-9-18-13(2)27-29(22(18)31-19)11-14-4-6-15(23)7-5-14/h4-10H,11H2,1-3H3,(H,25,30). The van der Waals surface area contributed by atoms with Gasteiger partial charge < -0.3 is 5.32 Å². The van der Waals surface area contributed by atoms with E-state index in [9.17, 15) is 4.79 Å². The van der Waals surface area contributed by atoms with Gasteiger partial charge in [-0.2, -0.15) is 10.2 Å². The first-order valence-electron chi connectivity index (χ1n) is 9.71. The lowest BCUT2D eigenvalue weighted by Gasteiger charge is -2.04. The van der Waals surface area contributed by atoms with Crippen molar-refractivity contribution in [2.75, 3.05) is 5.32 Å². The summed E-state index contributed by atoms with van der Waals surface area (Å²) in [5.41, 5.74) is 4.30. The Kier molecular flexibility index (Phi) is 4.75. The molecule has 0 saturated carbocycles. The Hall–Kier alpha value is -3.23. The zero-order valence-electron chi connectivity index (χ0n) is 17.2. The van der Waals surface area contributed by atoms with Crippen LogP contribution in [0.5, 0.6) is 0 Å². The second kappa shape index (κ2) is 7.47. The molecule has 4 aromatic heterocycles. The number of nitrogens with zero attached hydrogens (tertiary/aromatic N) is 5. The number of fused-ring (bicyclic) bond motifs is 2. The average molecular weight is 451 g/mol. The highest BCUT2D eigenvalue weighted by atomic mass is 35.5. The van der Waals surface area contributed by atoms with Crippen LogP contribution in [-0.4, -0.2) is 30.5 Å². The van der Waals surface area contributed by atoms with Crippen molar-refractivity contribution in [1.82, 2.24) is 24.5 Å². The normalized spacial score (nSPS) is 11.5. The summed E-state index contributed by atoms with van der Waals surface area (Å²) in [6.45, 7) is 4.50. The predicted molar refractivity (Wildman–Crippen MR) is 124 cm³/mol. The van der Waals surface area contributed by atoms with Gasteiger partial charge in [0.05, 0.1) is 34.7 Å². The van der Waals surface area contributed by atoms with Gasteiger partial charge in [-0.25, -0.2) is 4.98 Å². The molecule has 0 bridgehead atoms. The number of pyridine rings is 1. The minimum Gasteiger partial charge on any atom is -0.320 e. The lowest BCUT2D eigenvalue weighted by atomic mass is 10.2. The molecule has 156 valence electrons. The van der Waals surface area contributed by atoms with E-state index in [0.717, 1.165) is 38.2 Å². The highest BCUT2D eigenvalue weighted by molar-refractivity contribution is 7.20. The smallest absolute Gasteiger partial charge is 0.265 e. The lowest BCUT2D eigenvalue weighted by Crippen LogP contribution is -2.10. The first kappa shape index (κ1) is 19.7. The monoisotopic (exact) mass is 450 g/mol. The molecular formula is C22H19ClN6OS. The zero-order valence-corrected chi connectivity index (χ0v) is 18.8. The molecule has 0 fully saturated rings. The number of aromatic nitrogens is 5. The fourth-order valence-electron chi connectivity index (χ4n) is 3.66. The van der Waals surface area contributed by atoms with Crippen molar-refractivity contribution in [3.63, 3.8) is 0 Å². The summed E-state index contributed by atoms with van der Waals surface area (Å²) in [5.74, 6) is -0.165. The minimum absolute atomic E-state index is 0.165. The number of aryl methyl sites for hydroxylation is 3. The maximum Gasteiger partial charge on any atom is 0.265 e. The van der Waals surface area contributed by atoms with Gasteiger partial charge in [0, 0.05) is 22.8 Å². The highest BCUT2D eigenvalue weighted by Gasteiger charge is 2.17. The van der Waals surface area contributed by atoms with Crippen LogP contribution < -0.4 is 5.32 Å². The van der Waals surface area contributed by atoms with Crippen LogP contribution in [0.15, 0.2) is 42.6 Å². The van der Waals surface area contributed by atoms with Gasteiger partial charge in [0.25, 0.3) is 5.91 Å². The molecule has 1 amide bonds. The first-order valence-corrected chi connectivity index (χ1v) is 10.9. The molecule has 7 nitrogen and oxygen atoms in total. The Morgan fingerprint density at radius 1 is 1.10 bits per heavy atom. The second-order valence-corrected chi connectivity index (χ2v) is 8.92. The molecule has 0 radical (unpaired) electrons. The number of halogens is 1.